The van der Waals surface area contributed by atoms with Crippen LogP contribution in [0.3, 0.4) is 0 Å². The van der Waals surface area contributed by atoms with Crippen molar-refractivity contribution in [2.24, 2.45) is 4.40 Å². The molecule has 8 heteroatoms. The molecule has 24 heavy (non-hydrogen) atoms. The summed E-state index contributed by atoms with van der Waals surface area (Å²) < 4.78 is 13.9. The van der Waals surface area contributed by atoms with Crippen molar-refractivity contribution in [1.82, 2.24) is 4.90 Å². The topological polar surface area (TPSA) is 85.3 Å². The summed E-state index contributed by atoms with van der Waals surface area (Å²) in [5, 5.41) is 0. The second kappa shape index (κ2) is 9.49. The Labute approximate surface area is 146 Å². The maximum Gasteiger partial charge on any atom is 0.410 e. The number of hydrogen-bond donors (Lipinski definition) is 0. The quantitative estimate of drug-likeness (QED) is 0.325. The van der Waals surface area contributed by atoms with Gasteiger partial charge in [-0.1, -0.05) is 0 Å². The highest BCUT2D eigenvalue weighted by Crippen LogP contribution is 2.17. The molecule has 0 saturated carbocycles. The van der Waals surface area contributed by atoms with Gasteiger partial charge < -0.3 is 14.4 Å². The molecule has 0 radical (unpaired) electrons. The van der Waals surface area contributed by atoms with Crippen LogP contribution in [0.25, 0.3) is 0 Å². The molecule has 1 rings (SSSR count). The van der Waals surface area contributed by atoms with E-state index in [1.165, 1.54) is 0 Å². The van der Waals surface area contributed by atoms with Gasteiger partial charge in [0.1, 0.15) is 5.60 Å². The normalized spacial score (nSPS) is 14.7. The average molecular weight is 356 g/mol. The monoisotopic (exact) mass is 356 g/mol. The highest BCUT2D eigenvalue weighted by atomic mass is 32.2. The summed E-state index contributed by atoms with van der Waals surface area (Å²) in [4.78, 5) is 36.1. The Kier molecular flexibility index (Phi) is 8.01. The lowest BCUT2D eigenvalue weighted by atomic mass is 10.1. The maximum atomic E-state index is 11.9. The maximum absolute atomic E-state index is 11.9. The number of rotatable bonds is 5. The third kappa shape index (κ3) is 7.66. The number of hydrogen-bond acceptors (Lipinski definition) is 7. The summed E-state index contributed by atoms with van der Waals surface area (Å²) in [6.07, 6.45) is 1.01. The molecule has 0 aliphatic carbocycles. The minimum atomic E-state index is -0.835. The van der Waals surface area contributed by atoms with Crippen molar-refractivity contribution in [2.75, 3.05) is 25.4 Å². The van der Waals surface area contributed by atoms with E-state index in [1.807, 2.05) is 20.8 Å². The van der Waals surface area contributed by atoms with Gasteiger partial charge in [-0.3, -0.25) is 4.79 Å². The number of amides is 1. The van der Waals surface area contributed by atoms with Gasteiger partial charge in [-0.25, -0.2) is 9.59 Å². The van der Waals surface area contributed by atoms with E-state index < -0.39 is 17.4 Å². The van der Waals surface area contributed by atoms with Crippen LogP contribution in [0.5, 0.6) is 0 Å². The number of piperidine rings is 1. The molecule has 0 aromatic heterocycles. The van der Waals surface area contributed by atoms with Crippen LogP contribution < -0.4 is 0 Å². The van der Waals surface area contributed by atoms with Crippen molar-refractivity contribution in [2.45, 2.75) is 46.1 Å². The minimum absolute atomic E-state index is 0.0663. The van der Waals surface area contributed by atoms with Crippen LogP contribution in [0.4, 0.5) is 4.79 Å². The number of Topliss-reactive ketones (excluding diaryl/α,β-unsaturated/α-hetero) is 1. The van der Waals surface area contributed by atoms with Gasteiger partial charge in [0.15, 0.2) is 0 Å². The standard InChI is InChI=1S/C16H24N2O5S/c1-5-22-14(20)13(19)11-24-17-10-12-6-8-18(9-7-12)15(21)23-16(2,3)4/h5-9,11H2,1-4H3. The fourth-order valence-electron chi connectivity index (χ4n) is 1.86. The highest BCUT2D eigenvalue weighted by Gasteiger charge is 2.24. The van der Waals surface area contributed by atoms with E-state index in [-0.39, 0.29) is 18.5 Å². The lowest BCUT2D eigenvalue weighted by Gasteiger charge is -2.30. The van der Waals surface area contributed by atoms with Gasteiger partial charge in [-0.05, 0) is 63.9 Å². The van der Waals surface area contributed by atoms with Crippen LogP contribution in [0, 0.1) is 0 Å². The largest absolute Gasteiger partial charge is 0.460 e. The van der Waals surface area contributed by atoms with Crippen molar-refractivity contribution in [3.8, 4) is 0 Å². The predicted octanol–water partition coefficient (Wildman–Crippen LogP) is 2.39. The zero-order chi connectivity index (χ0) is 18.2. The molecule has 1 fully saturated rings. The van der Waals surface area contributed by atoms with Crippen LogP contribution in [0.15, 0.2) is 9.97 Å². The third-order valence-corrected chi connectivity index (χ3v) is 3.60. The molecule has 0 aromatic carbocycles. The van der Waals surface area contributed by atoms with Gasteiger partial charge in [-0.15, -0.1) is 0 Å². The van der Waals surface area contributed by atoms with E-state index in [4.69, 9.17) is 4.74 Å². The molecule has 1 aliphatic rings. The fraction of sp³-hybridized carbons (Fsp3) is 0.688. The van der Waals surface area contributed by atoms with E-state index in [9.17, 15) is 14.4 Å². The van der Waals surface area contributed by atoms with Crippen molar-refractivity contribution in [1.29, 1.82) is 0 Å². The van der Waals surface area contributed by atoms with Crippen molar-refractivity contribution < 1.29 is 23.9 Å². The molecule has 7 nitrogen and oxygen atoms in total. The van der Waals surface area contributed by atoms with Crippen molar-refractivity contribution >= 4 is 35.7 Å². The number of ketones is 1. The Bertz CT molecular complexity index is 537. The Hall–Kier alpha value is -1.79. The lowest BCUT2D eigenvalue weighted by Crippen LogP contribution is -2.40. The average Bonchev–Trinajstić information content (AvgIpc) is 2.50. The molecule has 134 valence electrons. The number of likely N-dealkylation sites (tertiary alicyclic amines) is 1. The number of carbonyl (C=O) groups is 3. The molecular weight excluding hydrogens is 332 g/mol. The first-order valence-electron chi connectivity index (χ1n) is 7.83. The van der Waals surface area contributed by atoms with Crippen LogP contribution in [-0.2, 0) is 19.1 Å². The molecule has 0 atom stereocenters. The van der Waals surface area contributed by atoms with Crippen LogP contribution in [0.2, 0.25) is 0 Å². The molecule has 1 heterocycles. The van der Waals surface area contributed by atoms with E-state index in [0.717, 1.165) is 17.5 Å². The number of ether oxygens (including phenoxy) is 2. The minimum Gasteiger partial charge on any atom is -0.460 e. The molecule has 1 aliphatic heterocycles. The van der Waals surface area contributed by atoms with Gasteiger partial charge in [0, 0.05) is 13.1 Å². The van der Waals surface area contributed by atoms with Crippen molar-refractivity contribution in [3.05, 3.63) is 5.57 Å². The Morgan fingerprint density at radius 2 is 1.88 bits per heavy atom. The van der Waals surface area contributed by atoms with Gasteiger partial charge in [0.05, 0.1) is 12.4 Å². The Morgan fingerprint density at radius 3 is 2.42 bits per heavy atom. The van der Waals surface area contributed by atoms with E-state index in [0.29, 0.717) is 25.9 Å². The lowest BCUT2D eigenvalue weighted by molar-refractivity contribution is -0.152. The zero-order valence-corrected chi connectivity index (χ0v) is 15.4. The molecule has 0 unspecified atom stereocenters. The molecule has 0 bridgehead atoms. The summed E-state index contributed by atoms with van der Waals surface area (Å²) in [6, 6.07) is 0. The van der Waals surface area contributed by atoms with Gasteiger partial charge in [0.25, 0.3) is 5.78 Å². The Balaban J connectivity index is 2.39. The highest BCUT2D eigenvalue weighted by molar-refractivity contribution is 7.98. The van der Waals surface area contributed by atoms with Crippen molar-refractivity contribution in [3.63, 3.8) is 0 Å². The van der Waals surface area contributed by atoms with E-state index >= 15 is 0 Å². The molecule has 1 amide bonds. The number of nitrogens with zero attached hydrogens (tertiary/aromatic N) is 2. The molecule has 0 N–H and O–H groups in total. The number of esters is 1. The van der Waals surface area contributed by atoms with Gasteiger partial charge in [0.2, 0.25) is 0 Å². The Morgan fingerprint density at radius 1 is 1.25 bits per heavy atom. The zero-order valence-electron chi connectivity index (χ0n) is 14.6. The van der Waals surface area contributed by atoms with Gasteiger partial charge in [-0.2, -0.15) is 4.40 Å². The summed E-state index contributed by atoms with van der Waals surface area (Å²) in [5.41, 5.74) is 0.474. The summed E-state index contributed by atoms with van der Waals surface area (Å²) >= 11 is 0.962. The molecule has 0 spiro atoms. The first-order valence-corrected chi connectivity index (χ1v) is 8.77. The second-order valence-corrected chi connectivity index (χ2v) is 6.92. The van der Waals surface area contributed by atoms with Crippen LogP contribution in [-0.4, -0.2) is 59.7 Å². The number of carbonyl (C=O) groups excluding carboxylic acids is 3. The van der Waals surface area contributed by atoms with Gasteiger partial charge >= 0.3 is 12.1 Å². The van der Waals surface area contributed by atoms with E-state index in [2.05, 4.69) is 15.0 Å². The van der Waals surface area contributed by atoms with E-state index in [1.54, 1.807) is 11.8 Å². The van der Waals surface area contributed by atoms with Crippen LogP contribution in [0.1, 0.15) is 40.5 Å². The predicted molar refractivity (Wildman–Crippen MR) is 92.1 cm³/mol. The second-order valence-electron chi connectivity index (χ2n) is 6.19. The summed E-state index contributed by atoms with van der Waals surface area (Å²) in [5.74, 6) is 1.36. The smallest absolute Gasteiger partial charge is 0.410 e. The molecule has 0 aromatic rings. The van der Waals surface area contributed by atoms with Crippen LogP contribution >= 0.6 is 11.9 Å². The summed E-state index contributed by atoms with van der Waals surface area (Å²) in [6.45, 7) is 8.44. The summed E-state index contributed by atoms with van der Waals surface area (Å²) in [7, 11) is 0. The SMILES string of the molecule is CCOC(=O)C(=O)CSN=C=C1CCN(C(=O)OC(C)(C)C)CC1. The first-order chi connectivity index (χ1) is 11.2. The third-order valence-electron chi connectivity index (χ3n) is 2.99. The molecular formula is C16H24N2O5S. The molecule has 1 saturated heterocycles. The fourth-order valence-corrected chi connectivity index (χ4v) is 2.35. The first kappa shape index (κ1) is 20.3.